The molecule has 2 unspecified atom stereocenters. The lowest BCUT2D eigenvalue weighted by molar-refractivity contribution is -0.870. The molecule has 0 radical (unpaired) electrons. The van der Waals surface area contributed by atoms with Gasteiger partial charge < -0.3 is 28.5 Å². The quantitative estimate of drug-likeness (QED) is 0.0211. The molecule has 0 aliphatic heterocycles. The number of quaternary nitrogens is 1. The second-order valence-electron chi connectivity index (χ2n) is 26.9. The maximum absolute atomic E-state index is 13.0. The fraction of sp³-hybridized carbons (Fsp3) is 0.812. The number of carboxylic acids is 1. The van der Waals surface area contributed by atoms with Crippen molar-refractivity contribution in [3.8, 4) is 0 Å². The number of esters is 2. The fourth-order valence-corrected chi connectivity index (χ4v) is 11.2. The van der Waals surface area contributed by atoms with E-state index in [1.807, 2.05) is 21.1 Å². The second-order valence-corrected chi connectivity index (χ2v) is 26.9. The number of hydrogen-bond donors (Lipinski definition) is 1. The van der Waals surface area contributed by atoms with Crippen LogP contribution in [0.5, 0.6) is 0 Å². The molecule has 0 saturated carbocycles. The first kappa shape index (κ1) is 85.7. The number of aliphatic carboxylic acids is 1. The molecule has 89 heavy (non-hydrogen) atoms. The van der Waals surface area contributed by atoms with Crippen LogP contribution in [0.1, 0.15) is 361 Å². The minimum absolute atomic E-state index is 0.181. The number of rotatable bonds is 71. The smallest absolute Gasteiger partial charge is 0.361 e. The minimum Gasteiger partial charge on any atom is -0.477 e. The van der Waals surface area contributed by atoms with Gasteiger partial charge in [-0.15, -0.1) is 0 Å². The summed E-state index contributed by atoms with van der Waals surface area (Å²) in [5.41, 5.74) is 0. The molecule has 0 rings (SSSR count). The number of allylic oxidation sites excluding steroid dienone is 12. The van der Waals surface area contributed by atoms with Gasteiger partial charge in [0.05, 0.1) is 34.4 Å². The highest BCUT2D eigenvalue weighted by Crippen LogP contribution is 2.19. The number of carbonyl (C=O) groups is 3. The van der Waals surface area contributed by atoms with Crippen LogP contribution in [0.15, 0.2) is 72.9 Å². The second kappa shape index (κ2) is 70.6. The summed E-state index contributed by atoms with van der Waals surface area (Å²) in [6.07, 6.45) is 91.9. The highest BCUT2D eigenvalue weighted by Gasteiger charge is 2.25. The SMILES string of the molecule is CC/C=C\C/C=C\C/C=C\C/C=C\C/C=C\C/C=C\CCCCCCCCCCCCCCC(=O)OC(COC(=O)CCCCCCCCCCCCCCCCCCCCCCCCCCCCCCCCCCC)COC(OCC[N+](C)(C)C)C(=O)O. The van der Waals surface area contributed by atoms with Crippen molar-refractivity contribution in [2.45, 2.75) is 373 Å². The van der Waals surface area contributed by atoms with Crippen LogP contribution in [0.25, 0.3) is 0 Å². The van der Waals surface area contributed by atoms with Gasteiger partial charge in [-0.25, -0.2) is 4.79 Å². The Labute approximate surface area is 551 Å². The van der Waals surface area contributed by atoms with E-state index in [4.69, 9.17) is 18.9 Å². The monoisotopic (exact) mass is 1250 g/mol. The zero-order valence-corrected chi connectivity index (χ0v) is 59.3. The highest BCUT2D eigenvalue weighted by atomic mass is 16.7. The summed E-state index contributed by atoms with van der Waals surface area (Å²) in [4.78, 5) is 37.7. The number of hydrogen-bond acceptors (Lipinski definition) is 7. The molecule has 0 spiro atoms. The predicted octanol–water partition coefficient (Wildman–Crippen LogP) is 24.0. The lowest BCUT2D eigenvalue weighted by atomic mass is 10.0. The maximum Gasteiger partial charge on any atom is 0.361 e. The van der Waals surface area contributed by atoms with Crippen LogP contribution in [-0.4, -0.2) is 87.4 Å². The average molecular weight is 1250 g/mol. The van der Waals surface area contributed by atoms with Crippen molar-refractivity contribution < 1.29 is 42.9 Å². The maximum atomic E-state index is 13.0. The Bertz CT molecular complexity index is 1690. The molecule has 0 aromatic heterocycles. The summed E-state index contributed by atoms with van der Waals surface area (Å²) >= 11 is 0. The van der Waals surface area contributed by atoms with Crippen molar-refractivity contribution in [3.05, 3.63) is 72.9 Å². The van der Waals surface area contributed by atoms with Crippen molar-refractivity contribution in [2.75, 3.05) is 47.5 Å². The zero-order valence-electron chi connectivity index (χ0n) is 59.3. The van der Waals surface area contributed by atoms with Crippen molar-refractivity contribution in [1.82, 2.24) is 0 Å². The fourth-order valence-electron chi connectivity index (χ4n) is 11.2. The Hall–Kier alpha value is -3.27. The van der Waals surface area contributed by atoms with E-state index < -0.39 is 24.3 Å². The minimum atomic E-state index is -1.51. The molecule has 0 heterocycles. The molecule has 0 aliphatic carbocycles. The lowest BCUT2D eigenvalue weighted by Crippen LogP contribution is -2.40. The van der Waals surface area contributed by atoms with Crippen LogP contribution < -0.4 is 0 Å². The molecule has 0 amide bonds. The number of likely N-dealkylation sites (N-methyl/N-ethyl adjacent to an activating group) is 1. The van der Waals surface area contributed by atoms with E-state index in [1.165, 1.54) is 250 Å². The predicted molar refractivity (Wildman–Crippen MR) is 383 cm³/mol. The van der Waals surface area contributed by atoms with E-state index in [-0.39, 0.29) is 32.2 Å². The molecule has 0 aliphatic rings. The standard InChI is InChI=1S/C80H145NO8/c1-6-8-10-12-14-16-18-20-22-24-26-28-30-32-34-36-38-39-41-42-44-46-48-50-52-54-56-58-60-62-64-66-68-70-77(82)87-74-76(75-88-80(79(84)85)86-73-72-81(3,4)5)89-78(83)71-69-67-65-63-61-59-57-55-53-51-49-47-45-43-40-37-35-33-31-29-27-25-23-21-19-17-15-13-11-9-7-2/h9,11,15,17,21,23,27,29,33,35,40,43,76,80H,6-8,10,12-14,16,18-20,22,24-26,28,30-32,34,36-39,41-42,44-75H2,1-5H3/p+1/b11-9-,17-15-,23-21-,29-27-,35-33-,43-40-. The van der Waals surface area contributed by atoms with Crippen molar-refractivity contribution in [1.29, 1.82) is 0 Å². The first-order chi connectivity index (χ1) is 43.6. The Morgan fingerprint density at radius 1 is 0.348 bits per heavy atom. The van der Waals surface area contributed by atoms with Crippen LogP contribution in [-0.2, 0) is 33.3 Å². The third-order valence-corrected chi connectivity index (χ3v) is 17.0. The summed E-state index contributed by atoms with van der Waals surface area (Å²) in [5.74, 6) is -1.99. The molecule has 2 atom stereocenters. The molecular formula is C80H146NO8+. The molecule has 9 nitrogen and oxygen atoms in total. The molecule has 9 heteroatoms. The summed E-state index contributed by atoms with van der Waals surface area (Å²) in [6.45, 7) is 4.82. The zero-order chi connectivity index (χ0) is 64.7. The first-order valence-electron chi connectivity index (χ1n) is 38.1. The number of carboxylic acid groups (broad SMARTS) is 1. The van der Waals surface area contributed by atoms with Gasteiger partial charge in [0.25, 0.3) is 6.29 Å². The Morgan fingerprint density at radius 3 is 0.955 bits per heavy atom. The molecule has 518 valence electrons. The van der Waals surface area contributed by atoms with Crippen LogP contribution in [0.3, 0.4) is 0 Å². The summed E-state index contributed by atoms with van der Waals surface area (Å²) in [6, 6.07) is 0. The number of carbonyl (C=O) groups excluding carboxylic acids is 2. The van der Waals surface area contributed by atoms with Gasteiger partial charge >= 0.3 is 17.9 Å². The summed E-state index contributed by atoms with van der Waals surface area (Å²) < 4.78 is 23.0. The number of unbranched alkanes of at least 4 members (excludes halogenated alkanes) is 44. The Morgan fingerprint density at radius 2 is 0.640 bits per heavy atom. The van der Waals surface area contributed by atoms with Gasteiger partial charge in [-0.3, -0.25) is 9.59 Å². The molecule has 0 bridgehead atoms. The normalized spacial score (nSPS) is 13.0. The van der Waals surface area contributed by atoms with Crippen LogP contribution >= 0.6 is 0 Å². The third kappa shape index (κ3) is 72.0. The first-order valence-corrected chi connectivity index (χ1v) is 38.1. The largest absolute Gasteiger partial charge is 0.477 e. The van der Waals surface area contributed by atoms with Gasteiger partial charge in [0.15, 0.2) is 6.10 Å². The highest BCUT2D eigenvalue weighted by molar-refractivity contribution is 5.71. The topological polar surface area (TPSA) is 108 Å². The van der Waals surface area contributed by atoms with Gasteiger partial charge in [0.2, 0.25) is 0 Å². The molecule has 0 aromatic carbocycles. The summed E-state index contributed by atoms with van der Waals surface area (Å²) in [7, 11) is 5.99. The van der Waals surface area contributed by atoms with E-state index >= 15 is 0 Å². The van der Waals surface area contributed by atoms with E-state index in [0.717, 1.165) is 83.5 Å². The molecule has 0 fully saturated rings. The average Bonchev–Trinajstić information content (AvgIpc) is 3.64. The summed E-state index contributed by atoms with van der Waals surface area (Å²) in [5, 5.41) is 9.76. The Balaban J connectivity index is 4.04. The van der Waals surface area contributed by atoms with E-state index in [9.17, 15) is 19.5 Å². The van der Waals surface area contributed by atoms with Crippen LogP contribution in [0, 0.1) is 0 Å². The van der Waals surface area contributed by atoms with E-state index in [1.54, 1.807) is 0 Å². The van der Waals surface area contributed by atoms with E-state index in [2.05, 4.69) is 86.8 Å². The Kier molecular flexibility index (Phi) is 68.0. The van der Waals surface area contributed by atoms with E-state index in [0.29, 0.717) is 17.4 Å². The van der Waals surface area contributed by atoms with Crippen LogP contribution in [0.2, 0.25) is 0 Å². The van der Waals surface area contributed by atoms with Gasteiger partial charge in [0, 0.05) is 12.8 Å². The molecule has 0 saturated heterocycles. The number of ether oxygens (including phenoxy) is 4. The van der Waals surface area contributed by atoms with Gasteiger partial charge in [-0.1, -0.05) is 356 Å². The van der Waals surface area contributed by atoms with Gasteiger partial charge in [0.1, 0.15) is 13.2 Å². The van der Waals surface area contributed by atoms with Gasteiger partial charge in [-0.2, -0.15) is 0 Å². The molecule has 0 aromatic rings. The lowest BCUT2D eigenvalue weighted by Gasteiger charge is -2.25. The molecular weight excluding hydrogens is 1100 g/mol. The van der Waals surface area contributed by atoms with Gasteiger partial charge in [-0.05, 0) is 64.2 Å². The van der Waals surface area contributed by atoms with Crippen molar-refractivity contribution in [2.24, 2.45) is 0 Å². The molecule has 1 N–H and O–H groups in total. The number of nitrogens with zero attached hydrogens (tertiary/aromatic N) is 1. The third-order valence-electron chi connectivity index (χ3n) is 17.0. The van der Waals surface area contributed by atoms with Crippen LogP contribution in [0.4, 0.5) is 0 Å². The van der Waals surface area contributed by atoms with Crippen molar-refractivity contribution in [3.63, 3.8) is 0 Å². The van der Waals surface area contributed by atoms with Crippen molar-refractivity contribution >= 4 is 17.9 Å².